The highest BCUT2D eigenvalue weighted by molar-refractivity contribution is 7.07. The molecule has 0 aliphatic rings. The fourth-order valence-corrected chi connectivity index (χ4v) is 2.78. The van der Waals surface area contributed by atoms with Gasteiger partial charge in [0.1, 0.15) is 5.82 Å². The van der Waals surface area contributed by atoms with Crippen LogP contribution in [0.5, 0.6) is 0 Å². The standard InChI is InChI=1S/C16H21FN2S/c1-12(2)18-9-14(8-16-10-20-11-19-16)7-13-3-5-15(17)6-4-13/h3-6,10-12,14,18H,7-9H2,1-2H3. The van der Waals surface area contributed by atoms with E-state index in [-0.39, 0.29) is 5.82 Å². The maximum absolute atomic E-state index is 13.0. The van der Waals surface area contributed by atoms with Crippen LogP contribution in [0.3, 0.4) is 0 Å². The van der Waals surface area contributed by atoms with Crippen molar-refractivity contribution in [3.8, 4) is 0 Å². The first-order valence-electron chi connectivity index (χ1n) is 6.98. The van der Waals surface area contributed by atoms with Gasteiger partial charge in [-0.3, -0.25) is 0 Å². The van der Waals surface area contributed by atoms with E-state index in [1.807, 2.05) is 17.6 Å². The molecule has 0 amide bonds. The second-order valence-corrected chi connectivity index (χ2v) is 6.16. The minimum absolute atomic E-state index is 0.176. The Labute approximate surface area is 124 Å². The second kappa shape index (κ2) is 7.50. The summed E-state index contributed by atoms with van der Waals surface area (Å²) in [6.07, 6.45) is 1.90. The van der Waals surface area contributed by atoms with Crippen molar-refractivity contribution < 1.29 is 4.39 Å². The molecule has 0 bridgehead atoms. The fourth-order valence-electron chi connectivity index (χ4n) is 2.21. The van der Waals surface area contributed by atoms with Gasteiger partial charge in [0, 0.05) is 11.4 Å². The monoisotopic (exact) mass is 292 g/mol. The number of benzene rings is 1. The van der Waals surface area contributed by atoms with Crippen LogP contribution in [-0.4, -0.2) is 17.6 Å². The summed E-state index contributed by atoms with van der Waals surface area (Å²) in [5.41, 5.74) is 4.20. The zero-order valence-electron chi connectivity index (χ0n) is 12.0. The van der Waals surface area contributed by atoms with Crippen LogP contribution in [0.1, 0.15) is 25.1 Å². The molecule has 1 aromatic heterocycles. The molecular formula is C16H21FN2S. The molecule has 2 rings (SSSR count). The minimum atomic E-state index is -0.176. The number of hydrogen-bond donors (Lipinski definition) is 1. The van der Waals surface area contributed by atoms with Crippen LogP contribution in [0.2, 0.25) is 0 Å². The molecule has 1 atom stereocenters. The van der Waals surface area contributed by atoms with Crippen LogP contribution < -0.4 is 5.32 Å². The minimum Gasteiger partial charge on any atom is -0.314 e. The number of hydrogen-bond acceptors (Lipinski definition) is 3. The van der Waals surface area contributed by atoms with Crippen LogP contribution in [0, 0.1) is 11.7 Å². The first kappa shape index (κ1) is 15.1. The van der Waals surface area contributed by atoms with E-state index in [2.05, 4.69) is 29.5 Å². The highest BCUT2D eigenvalue weighted by atomic mass is 32.1. The van der Waals surface area contributed by atoms with Gasteiger partial charge in [-0.15, -0.1) is 11.3 Å². The molecule has 0 radical (unpaired) electrons. The molecule has 0 spiro atoms. The summed E-state index contributed by atoms with van der Waals surface area (Å²) < 4.78 is 13.0. The molecular weight excluding hydrogens is 271 g/mol. The normalized spacial score (nSPS) is 12.8. The van der Waals surface area contributed by atoms with Gasteiger partial charge in [0.2, 0.25) is 0 Å². The third-order valence-corrected chi connectivity index (χ3v) is 3.87. The lowest BCUT2D eigenvalue weighted by atomic mass is 9.94. The van der Waals surface area contributed by atoms with Crippen LogP contribution in [0.25, 0.3) is 0 Å². The van der Waals surface area contributed by atoms with Crippen LogP contribution in [-0.2, 0) is 12.8 Å². The maximum atomic E-state index is 13.0. The van der Waals surface area contributed by atoms with Gasteiger partial charge in [-0.25, -0.2) is 9.37 Å². The van der Waals surface area contributed by atoms with Crippen LogP contribution in [0.15, 0.2) is 35.2 Å². The Morgan fingerprint density at radius 1 is 1.20 bits per heavy atom. The van der Waals surface area contributed by atoms with Gasteiger partial charge in [0.15, 0.2) is 0 Å². The second-order valence-electron chi connectivity index (χ2n) is 5.44. The van der Waals surface area contributed by atoms with Crippen molar-refractivity contribution in [2.75, 3.05) is 6.54 Å². The molecule has 0 saturated heterocycles. The lowest BCUT2D eigenvalue weighted by Gasteiger charge is -2.18. The van der Waals surface area contributed by atoms with E-state index in [1.54, 1.807) is 11.3 Å². The molecule has 1 unspecified atom stereocenters. The van der Waals surface area contributed by atoms with Crippen molar-refractivity contribution >= 4 is 11.3 Å². The quantitative estimate of drug-likeness (QED) is 0.842. The van der Waals surface area contributed by atoms with E-state index in [9.17, 15) is 4.39 Å². The van der Waals surface area contributed by atoms with Crippen molar-refractivity contribution in [1.82, 2.24) is 10.3 Å². The first-order chi connectivity index (χ1) is 9.63. The first-order valence-corrected chi connectivity index (χ1v) is 7.92. The molecule has 1 aromatic carbocycles. The summed E-state index contributed by atoms with van der Waals surface area (Å²) in [5, 5.41) is 5.60. The molecule has 0 fully saturated rings. The number of aromatic nitrogens is 1. The van der Waals surface area contributed by atoms with Gasteiger partial charge < -0.3 is 5.32 Å². The van der Waals surface area contributed by atoms with E-state index in [0.717, 1.165) is 25.1 Å². The zero-order chi connectivity index (χ0) is 14.4. The number of rotatable bonds is 7. The lowest BCUT2D eigenvalue weighted by Crippen LogP contribution is -2.31. The highest BCUT2D eigenvalue weighted by Crippen LogP contribution is 2.15. The molecule has 1 N–H and O–H groups in total. The SMILES string of the molecule is CC(C)NCC(Cc1ccc(F)cc1)Cc1cscn1. The van der Waals surface area contributed by atoms with E-state index < -0.39 is 0 Å². The van der Waals surface area contributed by atoms with Crippen molar-refractivity contribution in [2.45, 2.75) is 32.7 Å². The Kier molecular flexibility index (Phi) is 5.68. The summed E-state index contributed by atoms with van der Waals surface area (Å²) in [5.74, 6) is 0.301. The zero-order valence-corrected chi connectivity index (χ0v) is 12.8. The van der Waals surface area contributed by atoms with Gasteiger partial charge in [-0.05, 0) is 43.0 Å². The lowest BCUT2D eigenvalue weighted by molar-refractivity contribution is 0.441. The Hall–Kier alpha value is -1.26. The Morgan fingerprint density at radius 3 is 2.55 bits per heavy atom. The Morgan fingerprint density at radius 2 is 1.95 bits per heavy atom. The van der Waals surface area contributed by atoms with Crippen LogP contribution >= 0.6 is 11.3 Å². The summed E-state index contributed by atoms with van der Waals surface area (Å²) in [6.45, 7) is 5.25. The van der Waals surface area contributed by atoms with Crippen molar-refractivity contribution in [3.05, 3.63) is 52.2 Å². The number of halogens is 1. The van der Waals surface area contributed by atoms with Gasteiger partial charge in [0.25, 0.3) is 0 Å². The summed E-state index contributed by atoms with van der Waals surface area (Å²) in [6, 6.07) is 7.29. The molecule has 2 nitrogen and oxygen atoms in total. The average molecular weight is 292 g/mol. The topological polar surface area (TPSA) is 24.9 Å². The molecule has 0 aliphatic heterocycles. The number of thiazole rings is 1. The molecule has 108 valence electrons. The van der Waals surface area contributed by atoms with Gasteiger partial charge in [-0.2, -0.15) is 0 Å². The molecule has 0 saturated carbocycles. The van der Waals surface area contributed by atoms with Crippen molar-refractivity contribution in [3.63, 3.8) is 0 Å². The van der Waals surface area contributed by atoms with E-state index in [0.29, 0.717) is 12.0 Å². The van der Waals surface area contributed by atoms with Gasteiger partial charge >= 0.3 is 0 Å². The predicted molar refractivity (Wildman–Crippen MR) is 82.6 cm³/mol. The summed E-state index contributed by atoms with van der Waals surface area (Å²) in [7, 11) is 0. The largest absolute Gasteiger partial charge is 0.314 e. The molecule has 1 heterocycles. The Balaban J connectivity index is 1.99. The molecule has 4 heteroatoms. The smallest absolute Gasteiger partial charge is 0.123 e. The molecule has 20 heavy (non-hydrogen) atoms. The predicted octanol–water partition coefficient (Wildman–Crippen LogP) is 3.68. The summed E-state index contributed by atoms with van der Waals surface area (Å²) in [4.78, 5) is 4.37. The van der Waals surface area contributed by atoms with Crippen LogP contribution in [0.4, 0.5) is 4.39 Å². The Bertz CT molecular complexity index is 494. The molecule has 0 aliphatic carbocycles. The van der Waals surface area contributed by atoms with E-state index in [1.165, 1.54) is 17.7 Å². The number of nitrogens with zero attached hydrogens (tertiary/aromatic N) is 1. The van der Waals surface area contributed by atoms with Crippen molar-refractivity contribution in [2.24, 2.45) is 5.92 Å². The number of nitrogens with one attached hydrogen (secondary N) is 1. The molecule has 2 aromatic rings. The van der Waals surface area contributed by atoms with E-state index in [4.69, 9.17) is 0 Å². The van der Waals surface area contributed by atoms with Gasteiger partial charge in [-0.1, -0.05) is 26.0 Å². The third kappa shape index (κ3) is 5.02. The van der Waals surface area contributed by atoms with Gasteiger partial charge in [0.05, 0.1) is 11.2 Å². The fraction of sp³-hybridized carbons (Fsp3) is 0.438. The van der Waals surface area contributed by atoms with Crippen molar-refractivity contribution in [1.29, 1.82) is 0 Å². The maximum Gasteiger partial charge on any atom is 0.123 e. The highest BCUT2D eigenvalue weighted by Gasteiger charge is 2.12. The summed E-state index contributed by atoms with van der Waals surface area (Å²) >= 11 is 1.63. The van der Waals surface area contributed by atoms with E-state index >= 15 is 0 Å². The average Bonchev–Trinajstić information content (AvgIpc) is 2.91. The third-order valence-electron chi connectivity index (χ3n) is 3.23.